The van der Waals surface area contributed by atoms with Gasteiger partial charge < -0.3 is 15.6 Å². The number of aryl methyl sites for hydroxylation is 1. The molecule has 1 unspecified atom stereocenters. The van der Waals surface area contributed by atoms with Gasteiger partial charge in [-0.2, -0.15) is 0 Å². The van der Waals surface area contributed by atoms with E-state index >= 15 is 0 Å². The van der Waals surface area contributed by atoms with Gasteiger partial charge in [0.2, 0.25) is 0 Å². The van der Waals surface area contributed by atoms with Crippen molar-refractivity contribution in [3.05, 3.63) is 35.4 Å². The molecule has 3 N–H and O–H groups in total. The van der Waals surface area contributed by atoms with Gasteiger partial charge in [-0.15, -0.1) is 0 Å². The lowest BCUT2D eigenvalue weighted by molar-refractivity contribution is 0.0320. The molecule has 0 bridgehead atoms. The van der Waals surface area contributed by atoms with Gasteiger partial charge in [0.25, 0.3) is 0 Å². The molecule has 0 heterocycles. The highest BCUT2D eigenvalue weighted by atomic mass is 16.5. The Hall–Kier alpha value is -1.34. The number of aliphatic hydroxyl groups excluding tert-OH is 1. The lowest BCUT2D eigenvalue weighted by Crippen LogP contribution is -2.40. The van der Waals surface area contributed by atoms with Crippen LogP contribution in [-0.4, -0.2) is 30.0 Å². The lowest BCUT2D eigenvalue weighted by Gasteiger charge is -2.21. The maximum atomic E-state index is 9.19. The second-order valence-corrected chi connectivity index (χ2v) is 7.19. The molecule has 3 nitrogen and oxygen atoms in total. The molecule has 0 aromatic heterocycles. The van der Waals surface area contributed by atoms with E-state index in [4.69, 9.17) is 10.5 Å². The largest absolute Gasteiger partial charge is 0.394 e. The molecule has 24 heavy (non-hydrogen) atoms. The van der Waals surface area contributed by atoms with E-state index in [-0.39, 0.29) is 6.61 Å². The van der Waals surface area contributed by atoms with Gasteiger partial charge in [0.05, 0.1) is 19.3 Å². The van der Waals surface area contributed by atoms with E-state index in [1.807, 2.05) is 6.92 Å². The molecule has 2 rings (SSSR count). The first-order valence-electron chi connectivity index (χ1n) is 9.18. The number of ether oxygens (including phenoxy) is 1. The zero-order chi connectivity index (χ0) is 17.3. The first kappa shape index (κ1) is 19.0. The summed E-state index contributed by atoms with van der Waals surface area (Å²) in [4.78, 5) is 0. The molecular weight excluding hydrogens is 298 g/mol. The summed E-state index contributed by atoms with van der Waals surface area (Å²) in [6, 6.07) is 8.29. The van der Waals surface area contributed by atoms with Crippen LogP contribution in [0.1, 0.15) is 63.0 Å². The summed E-state index contributed by atoms with van der Waals surface area (Å²) >= 11 is 0. The zero-order valence-corrected chi connectivity index (χ0v) is 14.9. The van der Waals surface area contributed by atoms with E-state index in [0.717, 1.165) is 31.4 Å². The van der Waals surface area contributed by atoms with E-state index in [0.29, 0.717) is 6.10 Å². The smallest absolute Gasteiger partial charge is 0.0608 e. The number of hydrogen-bond donors (Lipinski definition) is 2. The molecule has 1 aliphatic rings. The van der Waals surface area contributed by atoms with Crippen LogP contribution in [0, 0.1) is 11.8 Å². The SMILES string of the molecule is CC(N)(CO)CCc1ccc(C#CCCOC2CCCCC2)cc1. The van der Waals surface area contributed by atoms with Gasteiger partial charge in [0, 0.05) is 17.5 Å². The van der Waals surface area contributed by atoms with Crippen LogP contribution in [0.4, 0.5) is 0 Å². The van der Waals surface area contributed by atoms with E-state index in [2.05, 4.69) is 36.1 Å². The predicted octanol–water partition coefficient (Wildman–Crippen LogP) is 3.42. The second-order valence-electron chi connectivity index (χ2n) is 7.19. The zero-order valence-electron chi connectivity index (χ0n) is 14.9. The summed E-state index contributed by atoms with van der Waals surface area (Å²) in [5, 5.41) is 9.19. The fourth-order valence-electron chi connectivity index (χ4n) is 2.94. The normalized spacial score (nSPS) is 17.8. The second kappa shape index (κ2) is 9.84. The average molecular weight is 329 g/mol. The van der Waals surface area contributed by atoms with Crippen LogP contribution in [0.2, 0.25) is 0 Å². The summed E-state index contributed by atoms with van der Waals surface area (Å²) in [6.07, 6.45) is 9.31. The standard InChI is InChI=1S/C21H31NO2/c1-21(22,17-23)15-14-19-12-10-18(11-13-19)7-5-6-16-24-20-8-3-2-4-9-20/h10-13,20,23H,2-4,6,8-9,14-17,22H2,1H3. The third kappa shape index (κ3) is 7.05. The van der Waals surface area contributed by atoms with Gasteiger partial charge >= 0.3 is 0 Å². The third-order valence-corrected chi connectivity index (χ3v) is 4.67. The molecule has 0 radical (unpaired) electrons. The number of hydrogen-bond acceptors (Lipinski definition) is 3. The summed E-state index contributed by atoms with van der Waals surface area (Å²) in [5.74, 6) is 6.40. The van der Waals surface area contributed by atoms with Gasteiger partial charge in [-0.1, -0.05) is 43.2 Å². The molecule has 0 spiro atoms. The molecule has 0 aliphatic heterocycles. The Morgan fingerprint density at radius 2 is 1.92 bits per heavy atom. The molecule has 1 fully saturated rings. The monoisotopic (exact) mass is 329 g/mol. The highest BCUT2D eigenvalue weighted by molar-refractivity contribution is 5.36. The molecule has 132 valence electrons. The van der Waals surface area contributed by atoms with Crippen LogP contribution in [0.15, 0.2) is 24.3 Å². The Balaban J connectivity index is 1.69. The van der Waals surface area contributed by atoms with Crippen molar-refractivity contribution in [1.82, 2.24) is 0 Å². The molecule has 1 atom stereocenters. The van der Waals surface area contributed by atoms with Crippen molar-refractivity contribution in [2.24, 2.45) is 5.73 Å². The van der Waals surface area contributed by atoms with Crippen LogP contribution < -0.4 is 5.73 Å². The van der Waals surface area contributed by atoms with E-state index in [9.17, 15) is 5.11 Å². The molecule has 1 aliphatic carbocycles. The Morgan fingerprint density at radius 3 is 2.58 bits per heavy atom. The Kier molecular flexibility index (Phi) is 7.78. The van der Waals surface area contributed by atoms with E-state index in [1.54, 1.807) is 0 Å². The number of nitrogens with two attached hydrogens (primary N) is 1. The van der Waals surface area contributed by atoms with Crippen LogP contribution in [0.5, 0.6) is 0 Å². The highest BCUT2D eigenvalue weighted by Gasteiger charge is 2.16. The van der Waals surface area contributed by atoms with Crippen molar-refractivity contribution in [2.75, 3.05) is 13.2 Å². The molecule has 1 aromatic carbocycles. The number of aliphatic hydroxyl groups is 1. The molecule has 0 amide bonds. The molecule has 1 saturated carbocycles. The van der Waals surface area contributed by atoms with Crippen LogP contribution in [0.25, 0.3) is 0 Å². The molecule has 1 aromatic rings. The first-order valence-corrected chi connectivity index (χ1v) is 9.18. The topological polar surface area (TPSA) is 55.5 Å². The van der Waals surface area contributed by atoms with Gasteiger partial charge in [0.1, 0.15) is 0 Å². The summed E-state index contributed by atoms with van der Waals surface area (Å²) in [7, 11) is 0. The summed E-state index contributed by atoms with van der Waals surface area (Å²) in [5.41, 5.74) is 7.72. The van der Waals surface area contributed by atoms with Crippen LogP contribution in [0.3, 0.4) is 0 Å². The van der Waals surface area contributed by atoms with Gasteiger partial charge in [-0.25, -0.2) is 0 Å². The maximum Gasteiger partial charge on any atom is 0.0608 e. The fourth-order valence-corrected chi connectivity index (χ4v) is 2.94. The quantitative estimate of drug-likeness (QED) is 0.595. The van der Waals surface area contributed by atoms with Crippen molar-refractivity contribution in [2.45, 2.75) is 69.9 Å². The van der Waals surface area contributed by atoms with Crippen LogP contribution >= 0.6 is 0 Å². The number of benzene rings is 1. The average Bonchev–Trinajstić information content (AvgIpc) is 2.62. The van der Waals surface area contributed by atoms with Crippen molar-refractivity contribution in [3.63, 3.8) is 0 Å². The highest BCUT2D eigenvalue weighted by Crippen LogP contribution is 2.20. The van der Waals surface area contributed by atoms with Crippen molar-refractivity contribution >= 4 is 0 Å². The van der Waals surface area contributed by atoms with Gasteiger partial charge in [-0.05, 0) is 50.3 Å². The Morgan fingerprint density at radius 1 is 1.21 bits per heavy atom. The van der Waals surface area contributed by atoms with Crippen molar-refractivity contribution in [3.8, 4) is 11.8 Å². The van der Waals surface area contributed by atoms with Crippen molar-refractivity contribution < 1.29 is 9.84 Å². The summed E-state index contributed by atoms with van der Waals surface area (Å²) < 4.78 is 5.88. The minimum atomic E-state index is -0.503. The molecule has 0 saturated heterocycles. The van der Waals surface area contributed by atoms with Crippen molar-refractivity contribution in [1.29, 1.82) is 0 Å². The van der Waals surface area contributed by atoms with Crippen LogP contribution in [-0.2, 0) is 11.2 Å². The first-order chi connectivity index (χ1) is 11.6. The maximum absolute atomic E-state index is 9.19. The third-order valence-electron chi connectivity index (χ3n) is 4.67. The molecular formula is C21H31NO2. The summed E-state index contributed by atoms with van der Waals surface area (Å²) in [6.45, 7) is 2.63. The number of rotatable bonds is 7. The van der Waals surface area contributed by atoms with E-state index < -0.39 is 5.54 Å². The Bertz CT molecular complexity index is 533. The van der Waals surface area contributed by atoms with Gasteiger partial charge in [0.15, 0.2) is 0 Å². The van der Waals surface area contributed by atoms with Gasteiger partial charge in [-0.3, -0.25) is 0 Å². The minimum Gasteiger partial charge on any atom is -0.394 e. The minimum absolute atomic E-state index is 0.0134. The Labute approximate surface area is 146 Å². The predicted molar refractivity (Wildman–Crippen MR) is 98.8 cm³/mol. The van der Waals surface area contributed by atoms with E-state index in [1.165, 1.54) is 37.7 Å². The fraction of sp³-hybridized carbons (Fsp3) is 0.619. The molecule has 3 heteroatoms. The lowest BCUT2D eigenvalue weighted by atomic mass is 9.95.